The van der Waals surface area contributed by atoms with Gasteiger partial charge in [0.1, 0.15) is 5.01 Å². The lowest BCUT2D eigenvalue weighted by Gasteiger charge is -2.14. The van der Waals surface area contributed by atoms with Crippen LogP contribution in [0.4, 0.5) is 14.5 Å². The summed E-state index contributed by atoms with van der Waals surface area (Å²) in [5, 5.41) is 5.54. The third-order valence-electron chi connectivity index (χ3n) is 2.31. The largest absolute Gasteiger partial charge is 0.377 e. The molecule has 1 aromatic heterocycles. The molecule has 2 rings (SSSR count). The highest BCUT2D eigenvalue weighted by Crippen LogP contribution is 2.25. The summed E-state index contributed by atoms with van der Waals surface area (Å²) in [6, 6.07) is 6.49. The van der Waals surface area contributed by atoms with Crippen LogP contribution in [0.2, 0.25) is 0 Å². The van der Waals surface area contributed by atoms with Crippen molar-refractivity contribution in [2.45, 2.75) is 19.4 Å². The van der Waals surface area contributed by atoms with Crippen molar-refractivity contribution < 1.29 is 8.78 Å². The average molecular weight is 254 g/mol. The SMILES string of the molecule is CC(Nc1cccc(-c2nccs2)c1)C(F)F. The third-order valence-corrected chi connectivity index (χ3v) is 3.14. The number of anilines is 1. The van der Waals surface area contributed by atoms with Crippen LogP contribution >= 0.6 is 11.3 Å². The van der Waals surface area contributed by atoms with Gasteiger partial charge in [-0.15, -0.1) is 11.3 Å². The molecule has 0 aliphatic heterocycles. The van der Waals surface area contributed by atoms with E-state index >= 15 is 0 Å². The van der Waals surface area contributed by atoms with Crippen molar-refractivity contribution in [2.75, 3.05) is 5.32 Å². The molecule has 0 aliphatic rings. The molecule has 5 heteroatoms. The smallest absolute Gasteiger partial charge is 0.258 e. The molecule has 0 spiro atoms. The van der Waals surface area contributed by atoms with Crippen LogP contribution in [0.15, 0.2) is 35.8 Å². The summed E-state index contributed by atoms with van der Waals surface area (Å²) in [5.74, 6) is 0. The van der Waals surface area contributed by atoms with E-state index < -0.39 is 12.5 Å². The standard InChI is InChI=1S/C12H12F2N2S/c1-8(11(13)14)16-10-4-2-3-9(7-10)12-15-5-6-17-12/h2-8,11,16H,1H3. The van der Waals surface area contributed by atoms with Gasteiger partial charge in [0.25, 0.3) is 6.43 Å². The summed E-state index contributed by atoms with van der Waals surface area (Å²) >= 11 is 1.52. The molecular formula is C12H12F2N2S. The van der Waals surface area contributed by atoms with Gasteiger partial charge in [0.2, 0.25) is 0 Å². The van der Waals surface area contributed by atoms with E-state index in [0.29, 0.717) is 5.69 Å². The van der Waals surface area contributed by atoms with Crippen molar-refractivity contribution in [3.63, 3.8) is 0 Å². The van der Waals surface area contributed by atoms with Crippen molar-refractivity contribution in [3.05, 3.63) is 35.8 Å². The molecule has 90 valence electrons. The van der Waals surface area contributed by atoms with Crippen molar-refractivity contribution in [1.82, 2.24) is 4.98 Å². The highest BCUT2D eigenvalue weighted by molar-refractivity contribution is 7.13. The molecule has 17 heavy (non-hydrogen) atoms. The number of aromatic nitrogens is 1. The fourth-order valence-corrected chi connectivity index (χ4v) is 2.07. The fraction of sp³-hybridized carbons (Fsp3) is 0.250. The van der Waals surface area contributed by atoms with Crippen LogP contribution in [0.5, 0.6) is 0 Å². The maximum Gasteiger partial charge on any atom is 0.258 e. The van der Waals surface area contributed by atoms with Crippen LogP contribution in [0.3, 0.4) is 0 Å². The predicted octanol–water partition coefficient (Wildman–Crippen LogP) is 3.88. The molecule has 1 unspecified atom stereocenters. The normalized spacial score (nSPS) is 12.7. The number of hydrogen-bond acceptors (Lipinski definition) is 3. The minimum absolute atomic E-state index is 0.686. The summed E-state index contributed by atoms with van der Waals surface area (Å²) in [4.78, 5) is 4.18. The molecule has 0 amide bonds. The summed E-state index contributed by atoms with van der Waals surface area (Å²) in [6.07, 6.45) is -0.652. The van der Waals surface area contributed by atoms with Crippen LogP contribution in [0, 0.1) is 0 Å². The van der Waals surface area contributed by atoms with Gasteiger partial charge in [-0.3, -0.25) is 0 Å². The molecule has 0 fully saturated rings. The second-order valence-electron chi connectivity index (χ2n) is 3.69. The summed E-state index contributed by atoms with van der Waals surface area (Å²) in [5.41, 5.74) is 1.62. The van der Waals surface area contributed by atoms with E-state index in [1.165, 1.54) is 18.3 Å². The number of rotatable bonds is 4. The molecule has 1 aromatic carbocycles. The van der Waals surface area contributed by atoms with E-state index in [2.05, 4.69) is 10.3 Å². The van der Waals surface area contributed by atoms with Gasteiger partial charge in [0.05, 0.1) is 6.04 Å². The topological polar surface area (TPSA) is 24.9 Å². The number of alkyl halides is 2. The van der Waals surface area contributed by atoms with Crippen molar-refractivity contribution in [2.24, 2.45) is 0 Å². The van der Waals surface area contributed by atoms with Crippen LogP contribution in [-0.2, 0) is 0 Å². The van der Waals surface area contributed by atoms with Gasteiger partial charge in [0, 0.05) is 22.8 Å². The summed E-state index contributed by atoms with van der Waals surface area (Å²) in [6.45, 7) is 1.46. The molecule has 0 radical (unpaired) electrons. The van der Waals surface area contributed by atoms with E-state index in [9.17, 15) is 8.78 Å². The van der Waals surface area contributed by atoms with Gasteiger partial charge in [0.15, 0.2) is 0 Å². The van der Waals surface area contributed by atoms with Crippen LogP contribution in [0.1, 0.15) is 6.92 Å². The Morgan fingerprint density at radius 2 is 2.18 bits per heavy atom. The molecule has 1 N–H and O–H groups in total. The zero-order valence-electron chi connectivity index (χ0n) is 9.23. The van der Waals surface area contributed by atoms with Gasteiger partial charge in [-0.2, -0.15) is 0 Å². The second kappa shape index (κ2) is 5.23. The van der Waals surface area contributed by atoms with E-state index in [1.807, 2.05) is 23.6 Å². The molecule has 0 bridgehead atoms. The molecule has 1 heterocycles. The number of nitrogens with one attached hydrogen (secondary N) is 1. The Labute approximate surface area is 102 Å². The maximum atomic E-state index is 12.4. The van der Waals surface area contributed by atoms with Crippen LogP contribution in [-0.4, -0.2) is 17.5 Å². The predicted molar refractivity (Wildman–Crippen MR) is 66.6 cm³/mol. The lowest BCUT2D eigenvalue weighted by Crippen LogP contribution is -2.23. The van der Waals surface area contributed by atoms with E-state index in [4.69, 9.17) is 0 Å². The van der Waals surface area contributed by atoms with Crippen LogP contribution < -0.4 is 5.32 Å². The minimum atomic E-state index is -2.38. The molecule has 2 nitrogen and oxygen atoms in total. The van der Waals surface area contributed by atoms with Gasteiger partial charge < -0.3 is 5.32 Å². The molecule has 0 saturated carbocycles. The summed E-state index contributed by atoms with van der Waals surface area (Å²) in [7, 11) is 0. The molecule has 2 aromatic rings. The number of thiazole rings is 1. The highest BCUT2D eigenvalue weighted by Gasteiger charge is 2.14. The highest BCUT2D eigenvalue weighted by atomic mass is 32.1. The molecular weight excluding hydrogens is 242 g/mol. The number of halogens is 2. The van der Waals surface area contributed by atoms with Crippen molar-refractivity contribution >= 4 is 17.0 Å². The molecule has 0 aliphatic carbocycles. The zero-order chi connectivity index (χ0) is 12.3. The monoisotopic (exact) mass is 254 g/mol. The average Bonchev–Trinajstić information content (AvgIpc) is 2.82. The van der Waals surface area contributed by atoms with E-state index in [-0.39, 0.29) is 0 Å². The number of nitrogens with zero attached hydrogens (tertiary/aromatic N) is 1. The fourth-order valence-electron chi connectivity index (χ4n) is 1.43. The number of benzene rings is 1. The first-order valence-electron chi connectivity index (χ1n) is 5.21. The van der Waals surface area contributed by atoms with Crippen molar-refractivity contribution in [1.29, 1.82) is 0 Å². The second-order valence-corrected chi connectivity index (χ2v) is 4.58. The molecule has 1 atom stereocenters. The van der Waals surface area contributed by atoms with Gasteiger partial charge >= 0.3 is 0 Å². The summed E-state index contributed by atoms with van der Waals surface area (Å²) < 4.78 is 24.8. The lowest BCUT2D eigenvalue weighted by molar-refractivity contribution is 0.131. The Bertz CT molecular complexity index is 471. The third kappa shape index (κ3) is 3.00. The van der Waals surface area contributed by atoms with Crippen molar-refractivity contribution in [3.8, 4) is 10.6 Å². The van der Waals surface area contributed by atoms with Crippen LogP contribution in [0.25, 0.3) is 10.6 Å². The lowest BCUT2D eigenvalue weighted by atomic mass is 10.2. The Morgan fingerprint density at radius 3 is 2.82 bits per heavy atom. The zero-order valence-corrected chi connectivity index (χ0v) is 10.0. The Morgan fingerprint density at radius 1 is 1.35 bits per heavy atom. The Kier molecular flexibility index (Phi) is 3.68. The quantitative estimate of drug-likeness (QED) is 0.895. The number of hydrogen-bond donors (Lipinski definition) is 1. The van der Waals surface area contributed by atoms with Gasteiger partial charge in [-0.1, -0.05) is 12.1 Å². The Hall–Kier alpha value is -1.49. The van der Waals surface area contributed by atoms with E-state index in [0.717, 1.165) is 10.6 Å². The molecule has 0 saturated heterocycles. The van der Waals surface area contributed by atoms with Gasteiger partial charge in [-0.25, -0.2) is 13.8 Å². The Balaban J connectivity index is 2.18. The first-order chi connectivity index (χ1) is 8.16. The first-order valence-corrected chi connectivity index (χ1v) is 6.09. The van der Waals surface area contributed by atoms with E-state index in [1.54, 1.807) is 12.3 Å². The minimum Gasteiger partial charge on any atom is -0.377 e. The first kappa shape index (κ1) is 12.0. The van der Waals surface area contributed by atoms with Gasteiger partial charge in [-0.05, 0) is 19.1 Å². The maximum absolute atomic E-state index is 12.4.